The summed E-state index contributed by atoms with van der Waals surface area (Å²) in [6, 6.07) is 0. The molecule has 0 amide bonds. The lowest BCUT2D eigenvalue weighted by atomic mass is 9.81. The van der Waals surface area contributed by atoms with Crippen LogP contribution in [0.2, 0.25) is 0 Å². The summed E-state index contributed by atoms with van der Waals surface area (Å²) < 4.78 is 16.6. The van der Waals surface area contributed by atoms with Crippen LogP contribution in [0, 0.1) is 0 Å². The van der Waals surface area contributed by atoms with E-state index >= 15 is 0 Å². The maximum absolute atomic E-state index is 5.67. The molecule has 4 heteroatoms. The fraction of sp³-hybridized carbons (Fsp3) is 1.00. The van der Waals surface area contributed by atoms with Crippen LogP contribution in [0.1, 0.15) is 19.3 Å². The lowest BCUT2D eigenvalue weighted by Crippen LogP contribution is -2.61. The fourth-order valence-corrected chi connectivity index (χ4v) is 3.01. The van der Waals surface area contributed by atoms with Crippen molar-refractivity contribution in [1.29, 1.82) is 0 Å². The molecule has 4 rings (SSSR count). The Morgan fingerprint density at radius 1 is 1.25 bits per heavy atom. The predicted molar refractivity (Wildman–Crippen MR) is 45.0 cm³/mol. The highest BCUT2D eigenvalue weighted by Crippen LogP contribution is 2.46. The zero-order valence-corrected chi connectivity index (χ0v) is 8.25. The minimum absolute atomic E-state index is 0.00868. The molecule has 1 saturated carbocycles. The quantitative estimate of drug-likeness (QED) is 0.643. The molecular weight excluding hydrogens is 224 g/mol. The Bertz CT molecular complexity index is 171. The smallest absolute Gasteiger partial charge is 0.272 e. The van der Waals surface area contributed by atoms with E-state index in [9.17, 15) is 0 Å². The van der Waals surface area contributed by atoms with Crippen molar-refractivity contribution in [1.82, 2.24) is 0 Å². The molecule has 4 fully saturated rings. The SMILES string of the molecule is BrCC12CC3CC(C1)OC(O3)O2. The van der Waals surface area contributed by atoms with Gasteiger partial charge in [0.15, 0.2) is 0 Å². The lowest BCUT2D eigenvalue weighted by molar-refractivity contribution is -0.445. The van der Waals surface area contributed by atoms with E-state index in [1.807, 2.05) is 0 Å². The van der Waals surface area contributed by atoms with Gasteiger partial charge in [-0.25, -0.2) is 0 Å². The van der Waals surface area contributed by atoms with E-state index in [2.05, 4.69) is 15.9 Å². The van der Waals surface area contributed by atoms with Crippen molar-refractivity contribution >= 4 is 15.9 Å². The molecule has 68 valence electrons. The van der Waals surface area contributed by atoms with Crippen molar-refractivity contribution in [3.05, 3.63) is 0 Å². The molecule has 3 aliphatic heterocycles. The zero-order chi connectivity index (χ0) is 8.18. The summed E-state index contributed by atoms with van der Waals surface area (Å²) in [5.41, 5.74) is 0.00868. The van der Waals surface area contributed by atoms with Crippen molar-refractivity contribution in [3.8, 4) is 0 Å². The number of rotatable bonds is 1. The first kappa shape index (κ1) is 7.74. The number of hydrogen-bond donors (Lipinski definition) is 0. The molecule has 12 heavy (non-hydrogen) atoms. The lowest BCUT2D eigenvalue weighted by Gasteiger charge is -2.54. The third-order valence-electron chi connectivity index (χ3n) is 2.92. The third kappa shape index (κ3) is 0.985. The first-order chi connectivity index (χ1) is 5.80. The maximum Gasteiger partial charge on any atom is 0.272 e. The molecule has 3 nitrogen and oxygen atoms in total. The van der Waals surface area contributed by atoms with Crippen LogP contribution in [0.15, 0.2) is 0 Å². The topological polar surface area (TPSA) is 27.7 Å². The largest absolute Gasteiger partial charge is 0.326 e. The van der Waals surface area contributed by atoms with Gasteiger partial charge in [0, 0.05) is 24.6 Å². The molecule has 4 aliphatic rings. The van der Waals surface area contributed by atoms with E-state index in [0.29, 0.717) is 12.2 Å². The summed E-state index contributed by atoms with van der Waals surface area (Å²) in [6.45, 7) is -0.381. The van der Waals surface area contributed by atoms with Crippen LogP contribution in [-0.4, -0.2) is 29.6 Å². The van der Waals surface area contributed by atoms with Crippen molar-refractivity contribution in [3.63, 3.8) is 0 Å². The highest BCUT2D eigenvalue weighted by Gasteiger charge is 2.53. The van der Waals surface area contributed by atoms with Gasteiger partial charge in [-0.1, -0.05) is 15.9 Å². The molecule has 0 aromatic rings. The Morgan fingerprint density at radius 2 is 1.92 bits per heavy atom. The Labute approximate surface area is 79.5 Å². The van der Waals surface area contributed by atoms with Gasteiger partial charge < -0.3 is 14.2 Å². The highest BCUT2D eigenvalue weighted by atomic mass is 79.9. The molecule has 4 bridgehead atoms. The molecule has 1 aliphatic carbocycles. The summed E-state index contributed by atoms with van der Waals surface area (Å²) in [4.78, 5) is 0. The standard InChI is InChI=1S/C8H11BrO3/c9-4-8-2-5-1-6(3-8)11-7(10-5)12-8/h5-7H,1-4H2. The van der Waals surface area contributed by atoms with Gasteiger partial charge in [-0.05, 0) is 0 Å². The second kappa shape index (κ2) is 2.44. The average molecular weight is 235 g/mol. The van der Waals surface area contributed by atoms with Crippen LogP contribution in [0.3, 0.4) is 0 Å². The molecule has 0 radical (unpaired) electrons. The van der Waals surface area contributed by atoms with Crippen molar-refractivity contribution in [2.75, 3.05) is 5.33 Å². The van der Waals surface area contributed by atoms with E-state index in [0.717, 1.165) is 24.6 Å². The predicted octanol–water partition coefficient (Wildman–Crippen LogP) is 1.40. The molecule has 0 aromatic carbocycles. The average Bonchev–Trinajstić information content (AvgIpc) is 2.02. The first-order valence-electron chi connectivity index (χ1n) is 4.34. The number of halogens is 1. The van der Waals surface area contributed by atoms with Gasteiger partial charge in [0.05, 0.1) is 17.8 Å². The summed E-state index contributed by atoms with van der Waals surface area (Å²) in [6.07, 6.45) is 3.83. The van der Waals surface area contributed by atoms with Crippen LogP contribution in [0.5, 0.6) is 0 Å². The minimum atomic E-state index is -0.381. The summed E-state index contributed by atoms with van der Waals surface area (Å²) >= 11 is 3.50. The summed E-state index contributed by atoms with van der Waals surface area (Å²) in [5, 5.41) is 0.899. The van der Waals surface area contributed by atoms with Crippen molar-refractivity contribution in [2.24, 2.45) is 0 Å². The van der Waals surface area contributed by atoms with Crippen LogP contribution in [0.4, 0.5) is 0 Å². The molecule has 0 N–H and O–H groups in total. The summed E-state index contributed by atoms with van der Waals surface area (Å²) in [5.74, 6) is 0. The molecule has 2 unspecified atom stereocenters. The second-order valence-corrected chi connectivity index (χ2v) is 4.44. The van der Waals surface area contributed by atoms with Gasteiger partial charge >= 0.3 is 0 Å². The van der Waals surface area contributed by atoms with Gasteiger partial charge in [0.1, 0.15) is 0 Å². The molecule has 0 spiro atoms. The van der Waals surface area contributed by atoms with Gasteiger partial charge in [-0.2, -0.15) is 0 Å². The van der Waals surface area contributed by atoms with Crippen LogP contribution in [-0.2, 0) is 14.2 Å². The number of alkyl halides is 1. The Hall–Kier alpha value is 0.360. The maximum atomic E-state index is 5.67. The highest BCUT2D eigenvalue weighted by molar-refractivity contribution is 9.09. The van der Waals surface area contributed by atoms with Gasteiger partial charge in [-0.15, -0.1) is 0 Å². The molecule has 2 atom stereocenters. The van der Waals surface area contributed by atoms with E-state index in [1.54, 1.807) is 0 Å². The normalized spacial score (nSPS) is 56.2. The van der Waals surface area contributed by atoms with Crippen molar-refractivity contribution < 1.29 is 14.2 Å². The van der Waals surface area contributed by atoms with E-state index in [-0.39, 0.29) is 12.1 Å². The Balaban J connectivity index is 1.90. The second-order valence-electron chi connectivity index (χ2n) is 3.88. The van der Waals surface area contributed by atoms with Gasteiger partial charge in [0.2, 0.25) is 0 Å². The third-order valence-corrected chi connectivity index (χ3v) is 3.94. The Morgan fingerprint density at radius 3 is 2.42 bits per heavy atom. The fourth-order valence-electron chi connectivity index (χ4n) is 2.42. The van der Waals surface area contributed by atoms with Crippen LogP contribution >= 0.6 is 15.9 Å². The molecule has 3 heterocycles. The van der Waals surface area contributed by atoms with E-state index in [1.165, 1.54) is 0 Å². The number of ether oxygens (including phenoxy) is 3. The monoisotopic (exact) mass is 234 g/mol. The summed E-state index contributed by atoms with van der Waals surface area (Å²) in [7, 11) is 0. The Kier molecular flexibility index (Phi) is 1.57. The molecule has 3 saturated heterocycles. The minimum Gasteiger partial charge on any atom is -0.326 e. The van der Waals surface area contributed by atoms with Crippen LogP contribution < -0.4 is 0 Å². The molecule has 0 aromatic heterocycles. The van der Waals surface area contributed by atoms with E-state index < -0.39 is 0 Å². The van der Waals surface area contributed by atoms with Gasteiger partial charge in [0.25, 0.3) is 6.48 Å². The number of hydrogen-bond acceptors (Lipinski definition) is 3. The van der Waals surface area contributed by atoms with Crippen LogP contribution in [0.25, 0.3) is 0 Å². The zero-order valence-electron chi connectivity index (χ0n) is 6.66. The van der Waals surface area contributed by atoms with Crippen molar-refractivity contribution in [2.45, 2.75) is 43.5 Å². The first-order valence-corrected chi connectivity index (χ1v) is 5.47. The van der Waals surface area contributed by atoms with Gasteiger partial charge in [-0.3, -0.25) is 0 Å². The van der Waals surface area contributed by atoms with E-state index in [4.69, 9.17) is 14.2 Å². The molecular formula is C8H11BrO3.